The average molecular weight is 650 g/mol. The Morgan fingerprint density at radius 1 is 0.673 bits per heavy atom. The van der Waals surface area contributed by atoms with E-state index in [0.717, 1.165) is 5.75 Å². The largest absolute Gasteiger partial charge is 0.496 e. The molecule has 2 heteroatoms. The fourth-order valence-electron chi connectivity index (χ4n) is 8.56. The van der Waals surface area contributed by atoms with Gasteiger partial charge in [-0.05, 0) is 123 Å². The molecular weight excluding hydrogens is 595 g/mol. The van der Waals surface area contributed by atoms with Crippen molar-refractivity contribution >= 4 is 12.2 Å². The summed E-state index contributed by atoms with van der Waals surface area (Å²) in [5, 5.41) is 4.22. The van der Waals surface area contributed by atoms with E-state index >= 15 is 0 Å². The highest BCUT2D eigenvalue weighted by molar-refractivity contribution is 5.88. The van der Waals surface area contributed by atoms with Crippen LogP contribution in [-0.2, 0) is 23.7 Å². The number of hydrogen-bond acceptors (Lipinski definition) is 2. The fourth-order valence-corrected chi connectivity index (χ4v) is 8.56. The predicted octanol–water partition coefficient (Wildman–Crippen LogP) is 12.4. The Morgan fingerprint density at radius 2 is 1.16 bits per heavy atom. The van der Waals surface area contributed by atoms with E-state index in [4.69, 9.17) is 4.74 Å². The third kappa shape index (κ3) is 5.80. The Bertz CT molecular complexity index is 1990. The molecular formula is C47H55NO. The van der Waals surface area contributed by atoms with E-state index in [0.29, 0.717) is 5.92 Å². The molecule has 0 bridgehead atoms. The lowest BCUT2D eigenvalue weighted by molar-refractivity contribution is 0.408. The van der Waals surface area contributed by atoms with Crippen molar-refractivity contribution in [2.75, 3.05) is 7.11 Å². The molecule has 0 spiro atoms. The average Bonchev–Trinajstić information content (AvgIpc) is 3.73. The van der Waals surface area contributed by atoms with Crippen LogP contribution in [0.3, 0.4) is 0 Å². The summed E-state index contributed by atoms with van der Waals surface area (Å²) in [5.41, 5.74) is 20.8. The molecule has 1 N–H and O–H groups in total. The molecule has 0 saturated carbocycles. The fraction of sp³-hybridized carbons (Fsp3) is 0.404. The van der Waals surface area contributed by atoms with Crippen molar-refractivity contribution in [2.24, 2.45) is 0 Å². The van der Waals surface area contributed by atoms with Crippen LogP contribution < -0.4 is 10.1 Å². The molecule has 3 aliphatic carbocycles. The van der Waals surface area contributed by atoms with Gasteiger partial charge in [0, 0.05) is 5.56 Å². The number of fused-ring (bicyclic) bond motifs is 3. The Kier molecular flexibility index (Phi) is 8.34. The predicted molar refractivity (Wildman–Crippen MR) is 210 cm³/mol. The molecule has 0 amide bonds. The van der Waals surface area contributed by atoms with E-state index < -0.39 is 0 Å². The zero-order chi connectivity index (χ0) is 35.0. The topological polar surface area (TPSA) is 21.3 Å². The van der Waals surface area contributed by atoms with Crippen LogP contribution in [0.2, 0.25) is 0 Å². The molecule has 2 nitrogen and oxygen atoms in total. The van der Waals surface area contributed by atoms with Gasteiger partial charge in [-0.25, -0.2) is 0 Å². The highest BCUT2D eigenvalue weighted by Gasteiger charge is 2.35. The maximum Gasteiger partial charge on any atom is 0.130 e. The van der Waals surface area contributed by atoms with Gasteiger partial charge in [-0.3, -0.25) is 5.32 Å². The lowest BCUT2D eigenvalue weighted by atomic mass is 9.84. The molecule has 2 atom stereocenters. The minimum Gasteiger partial charge on any atom is -0.496 e. The summed E-state index contributed by atoms with van der Waals surface area (Å²) in [6, 6.07) is 23.8. The van der Waals surface area contributed by atoms with Crippen LogP contribution in [0.1, 0.15) is 144 Å². The number of nitrogens with one attached hydrogen (secondary N) is 1. The summed E-state index contributed by atoms with van der Waals surface area (Å²) in [5.74, 6) is 1.33. The molecule has 0 aromatic heterocycles. The summed E-state index contributed by atoms with van der Waals surface area (Å²) in [6.07, 6.45) is 8.46. The first-order valence-corrected chi connectivity index (χ1v) is 18.4. The van der Waals surface area contributed by atoms with Crippen LogP contribution in [0.4, 0.5) is 0 Å². The number of ether oxygens (including phenoxy) is 1. The van der Waals surface area contributed by atoms with Crippen molar-refractivity contribution in [2.45, 2.75) is 117 Å². The van der Waals surface area contributed by atoms with Gasteiger partial charge in [0.15, 0.2) is 0 Å². The number of rotatable bonds is 6. The Labute approximate surface area is 295 Å². The van der Waals surface area contributed by atoms with Gasteiger partial charge in [-0.2, -0.15) is 0 Å². The van der Waals surface area contributed by atoms with Crippen LogP contribution in [0.15, 0.2) is 71.8 Å². The number of aryl methyl sites for hydroxylation is 1. The van der Waals surface area contributed by atoms with Gasteiger partial charge in [0.25, 0.3) is 0 Å². The second kappa shape index (κ2) is 12.2. The SMILES string of the molecule is COc1c(C(C)C)cc2c(c1-c1ccc(C(C)(C)C)cc1)C=C(C)C2NC1C(C)=Cc2c1cc1c(c2-c2ccc(C(C)(C)C)cc2)CCC1. The molecule has 0 saturated heterocycles. The number of benzene rings is 4. The van der Waals surface area contributed by atoms with Crippen molar-refractivity contribution in [3.8, 4) is 28.0 Å². The van der Waals surface area contributed by atoms with E-state index in [1.807, 2.05) is 7.11 Å². The first kappa shape index (κ1) is 33.6. The summed E-state index contributed by atoms with van der Waals surface area (Å²) in [7, 11) is 1.83. The first-order chi connectivity index (χ1) is 23.2. The van der Waals surface area contributed by atoms with Crippen molar-refractivity contribution in [3.63, 3.8) is 0 Å². The zero-order valence-electron chi connectivity index (χ0n) is 31.7. The van der Waals surface area contributed by atoms with Gasteiger partial charge in [-0.15, -0.1) is 0 Å². The lowest BCUT2D eigenvalue weighted by Gasteiger charge is -2.27. The van der Waals surface area contributed by atoms with Gasteiger partial charge < -0.3 is 4.74 Å². The van der Waals surface area contributed by atoms with Crippen LogP contribution in [0.5, 0.6) is 5.75 Å². The van der Waals surface area contributed by atoms with Crippen LogP contribution in [-0.4, -0.2) is 7.11 Å². The smallest absolute Gasteiger partial charge is 0.130 e. The molecule has 49 heavy (non-hydrogen) atoms. The van der Waals surface area contributed by atoms with Gasteiger partial charge in [0.05, 0.1) is 19.2 Å². The van der Waals surface area contributed by atoms with E-state index in [1.54, 1.807) is 5.56 Å². The van der Waals surface area contributed by atoms with Gasteiger partial charge >= 0.3 is 0 Å². The van der Waals surface area contributed by atoms with Gasteiger partial charge in [-0.1, -0.05) is 133 Å². The maximum atomic E-state index is 6.25. The van der Waals surface area contributed by atoms with E-state index in [2.05, 4.69) is 147 Å². The molecule has 0 radical (unpaired) electrons. The summed E-state index contributed by atoms with van der Waals surface area (Å²) >= 11 is 0. The van der Waals surface area contributed by atoms with Crippen LogP contribution >= 0.6 is 0 Å². The highest BCUT2D eigenvalue weighted by Crippen LogP contribution is 2.51. The van der Waals surface area contributed by atoms with E-state index in [-0.39, 0.29) is 22.9 Å². The maximum absolute atomic E-state index is 6.25. The van der Waals surface area contributed by atoms with Crippen LogP contribution in [0, 0.1) is 0 Å². The van der Waals surface area contributed by atoms with Crippen molar-refractivity contribution in [3.05, 3.63) is 122 Å². The number of methoxy groups -OCH3 is 1. The molecule has 7 rings (SSSR count). The number of hydrogen-bond donors (Lipinski definition) is 1. The quantitative estimate of drug-likeness (QED) is 0.224. The zero-order valence-corrected chi connectivity index (χ0v) is 31.7. The van der Waals surface area contributed by atoms with E-state index in [9.17, 15) is 0 Å². The highest BCUT2D eigenvalue weighted by atomic mass is 16.5. The Morgan fingerprint density at radius 3 is 1.65 bits per heavy atom. The second-order valence-corrected chi connectivity index (χ2v) is 17.2. The first-order valence-electron chi connectivity index (χ1n) is 18.4. The minimum atomic E-state index is 0.106. The monoisotopic (exact) mass is 649 g/mol. The molecule has 254 valence electrons. The molecule has 0 heterocycles. The van der Waals surface area contributed by atoms with E-state index in [1.165, 1.54) is 97.2 Å². The van der Waals surface area contributed by atoms with Crippen molar-refractivity contribution in [1.29, 1.82) is 0 Å². The molecule has 0 aliphatic heterocycles. The standard InChI is InChI=1S/C47H55NO/c1-27(2)36-26-40-38(42(45(36)49-11)31-17-21-34(22-18-31)47(8,9)10)24-29(4)44(40)48-43-28(3)23-37-39(43)25-32-13-12-14-35(32)41(37)30-15-19-33(20-16-30)46(5,6)7/h15-27,43-44,48H,12-14H2,1-11H3. The van der Waals surface area contributed by atoms with Crippen molar-refractivity contribution < 1.29 is 4.74 Å². The Balaban J connectivity index is 1.32. The molecule has 4 aromatic rings. The third-order valence-corrected chi connectivity index (χ3v) is 11.4. The normalized spacial score (nSPS) is 18.4. The summed E-state index contributed by atoms with van der Waals surface area (Å²) in [6.45, 7) is 22.9. The Hall–Kier alpha value is -3.88. The van der Waals surface area contributed by atoms with Gasteiger partial charge in [0.1, 0.15) is 5.75 Å². The summed E-state index contributed by atoms with van der Waals surface area (Å²) in [4.78, 5) is 0. The molecule has 2 unspecified atom stereocenters. The van der Waals surface area contributed by atoms with Gasteiger partial charge in [0.2, 0.25) is 0 Å². The lowest BCUT2D eigenvalue weighted by Crippen LogP contribution is -2.26. The molecule has 4 aromatic carbocycles. The molecule has 3 aliphatic rings. The second-order valence-electron chi connectivity index (χ2n) is 17.2. The minimum absolute atomic E-state index is 0.106. The van der Waals surface area contributed by atoms with Crippen molar-refractivity contribution in [1.82, 2.24) is 5.32 Å². The molecule has 0 fully saturated rings. The van der Waals surface area contributed by atoms with Crippen LogP contribution in [0.25, 0.3) is 34.4 Å². The summed E-state index contributed by atoms with van der Waals surface area (Å²) < 4.78 is 6.25. The third-order valence-electron chi connectivity index (χ3n) is 11.4.